The number of aliphatic hydroxyl groups is 1. The first-order valence-electron chi connectivity index (χ1n) is 8.11. The maximum atomic E-state index is 12.4. The van der Waals surface area contributed by atoms with Gasteiger partial charge in [-0.25, -0.2) is 4.98 Å². The average Bonchev–Trinajstić information content (AvgIpc) is 2.69. The van der Waals surface area contributed by atoms with E-state index >= 15 is 0 Å². The van der Waals surface area contributed by atoms with Gasteiger partial charge in [0.15, 0.2) is 0 Å². The maximum absolute atomic E-state index is 12.4. The van der Waals surface area contributed by atoms with Crippen molar-refractivity contribution in [3.05, 3.63) is 15.6 Å². The summed E-state index contributed by atoms with van der Waals surface area (Å²) in [5.41, 5.74) is -0.394. The molecule has 4 nitrogen and oxygen atoms in total. The van der Waals surface area contributed by atoms with Crippen molar-refractivity contribution in [2.45, 2.75) is 84.8 Å². The van der Waals surface area contributed by atoms with E-state index in [2.05, 4.69) is 10.3 Å². The first-order valence-corrected chi connectivity index (χ1v) is 8.93. The predicted octanol–water partition coefficient (Wildman–Crippen LogP) is 3.83. The fraction of sp³-hybridized carbons (Fsp3) is 0.765. The number of nitrogens with zero attached hydrogens (tertiary/aromatic N) is 1. The second-order valence-corrected chi connectivity index (χ2v) is 7.94. The Kier molecular flexibility index (Phi) is 6.56. The zero-order valence-electron chi connectivity index (χ0n) is 14.7. The third kappa shape index (κ3) is 5.06. The highest BCUT2D eigenvalue weighted by atomic mass is 32.1. The summed E-state index contributed by atoms with van der Waals surface area (Å²) in [4.78, 5) is 18.1. The molecule has 0 radical (unpaired) electrons. The van der Waals surface area contributed by atoms with Crippen molar-refractivity contribution >= 4 is 17.2 Å². The monoisotopic (exact) mass is 326 g/mol. The highest BCUT2D eigenvalue weighted by molar-refractivity contribution is 7.11. The molecule has 0 saturated carbocycles. The molecule has 1 amide bonds. The van der Waals surface area contributed by atoms with E-state index < -0.39 is 11.1 Å². The molecule has 0 bridgehead atoms. The van der Waals surface area contributed by atoms with E-state index in [9.17, 15) is 9.90 Å². The number of aryl methyl sites for hydroxylation is 2. The van der Waals surface area contributed by atoms with Crippen LogP contribution >= 0.6 is 11.3 Å². The van der Waals surface area contributed by atoms with E-state index in [-0.39, 0.29) is 12.3 Å². The SMILES string of the molecule is CCCC(O)(CCC)CC(=O)NC(C)(C)c1nc(C)c(C)s1. The molecule has 2 N–H and O–H groups in total. The van der Waals surface area contributed by atoms with Gasteiger partial charge in [-0.05, 0) is 40.5 Å². The van der Waals surface area contributed by atoms with Crippen molar-refractivity contribution in [1.29, 1.82) is 0 Å². The molecular formula is C17H30N2O2S. The topological polar surface area (TPSA) is 62.2 Å². The molecule has 22 heavy (non-hydrogen) atoms. The highest BCUT2D eigenvalue weighted by Crippen LogP contribution is 2.29. The van der Waals surface area contributed by atoms with Crippen molar-refractivity contribution in [3.8, 4) is 0 Å². The fourth-order valence-corrected chi connectivity index (χ4v) is 3.69. The van der Waals surface area contributed by atoms with Crippen LogP contribution in [0, 0.1) is 13.8 Å². The third-order valence-corrected chi connectivity index (χ3v) is 5.33. The molecule has 1 aromatic rings. The fourth-order valence-electron chi connectivity index (χ4n) is 2.72. The van der Waals surface area contributed by atoms with E-state index in [0.29, 0.717) is 12.8 Å². The Morgan fingerprint density at radius 2 is 1.77 bits per heavy atom. The van der Waals surface area contributed by atoms with Crippen LogP contribution in [0.3, 0.4) is 0 Å². The standard InChI is InChI=1S/C17H30N2O2S/c1-7-9-17(21,10-8-2)11-14(20)19-16(5,6)15-18-12(3)13(4)22-15/h21H,7-11H2,1-6H3,(H,19,20). The number of aromatic nitrogens is 1. The van der Waals surface area contributed by atoms with Gasteiger partial charge in [-0.3, -0.25) is 4.79 Å². The number of hydrogen-bond donors (Lipinski definition) is 2. The van der Waals surface area contributed by atoms with Crippen molar-refractivity contribution in [2.75, 3.05) is 0 Å². The highest BCUT2D eigenvalue weighted by Gasteiger charge is 2.32. The van der Waals surface area contributed by atoms with Gasteiger partial charge in [0.05, 0.1) is 23.3 Å². The first-order chi connectivity index (χ1) is 10.1. The average molecular weight is 327 g/mol. The molecule has 5 heteroatoms. The first kappa shape index (κ1) is 19.1. The molecule has 0 saturated heterocycles. The number of hydrogen-bond acceptors (Lipinski definition) is 4. The third-order valence-electron chi connectivity index (χ3n) is 3.94. The quantitative estimate of drug-likeness (QED) is 0.763. The summed E-state index contributed by atoms with van der Waals surface area (Å²) >= 11 is 1.61. The van der Waals surface area contributed by atoms with Gasteiger partial charge in [0.2, 0.25) is 5.91 Å². The predicted molar refractivity (Wildman–Crippen MR) is 92.1 cm³/mol. The Balaban J connectivity index is 2.77. The molecule has 126 valence electrons. The van der Waals surface area contributed by atoms with Gasteiger partial charge in [-0.15, -0.1) is 11.3 Å². The second kappa shape index (κ2) is 7.55. The zero-order valence-corrected chi connectivity index (χ0v) is 15.6. The molecule has 1 rings (SSSR count). The summed E-state index contributed by atoms with van der Waals surface area (Å²) < 4.78 is 0. The minimum atomic E-state index is -0.891. The molecular weight excluding hydrogens is 296 g/mol. The molecule has 0 fully saturated rings. The van der Waals surface area contributed by atoms with Crippen LogP contribution in [0.15, 0.2) is 0 Å². The van der Waals surface area contributed by atoms with Gasteiger partial charge in [-0.1, -0.05) is 26.7 Å². The largest absolute Gasteiger partial charge is 0.389 e. The van der Waals surface area contributed by atoms with E-state index in [4.69, 9.17) is 0 Å². The van der Waals surface area contributed by atoms with E-state index in [0.717, 1.165) is 23.5 Å². The van der Waals surface area contributed by atoms with Crippen LogP contribution in [-0.4, -0.2) is 21.6 Å². The Morgan fingerprint density at radius 3 is 2.18 bits per heavy atom. The molecule has 0 aliphatic rings. The van der Waals surface area contributed by atoms with Gasteiger partial charge in [0, 0.05) is 4.88 Å². The zero-order chi connectivity index (χ0) is 17.0. The lowest BCUT2D eigenvalue weighted by Crippen LogP contribution is -2.45. The number of carbonyl (C=O) groups excluding carboxylic acids is 1. The smallest absolute Gasteiger partial charge is 0.223 e. The van der Waals surface area contributed by atoms with Crippen LogP contribution in [0.5, 0.6) is 0 Å². The van der Waals surface area contributed by atoms with E-state index in [1.54, 1.807) is 11.3 Å². The van der Waals surface area contributed by atoms with Crippen LogP contribution in [0.25, 0.3) is 0 Å². The van der Waals surface area contributed by atoms with Crippen molar-refractivity contribution in [2.24, 2.45) is 0 Å². The van der Waals surface area contributed by atoms with Crippen LogP contribution in [0.2, 0.25) is 0 Å². The summed E-state index contributed by atoms with van der Waals surface area (Å²) in [6.07, 6.45) is 3.21. The molecule has 0 aliphatic carbocycles. The molecule has 0 spiro atoms. The van der Waals surface area contributed by atoms with Crippen molar-refractivity contribution in [1.82, 2.24) is 10.3 Å². The molecule has 0 aromatic carbocycles. The van der Waals surface area contributed by atoms with Crippen LogP contribution < -0.4 is 5.32 Å². The normalized spacial score (nSPS) is 12.5. The summed E-state index contributed by atoms with van der Waals surface area (Å²) in [7, 11) is 0. The molecule has 0 aliphatic heterocycles. The van der Waals surface area contributed by atoms with Gasteiger partial charge in [0.1, 0.15) is 5.01 Å². The lowest BCUT2D eigenvalue weighted by Gasteiger charge is -2.30. The summed E-state index contributed by atoms with van der Waals surface area (Å²) in [5, 5.41) is 14.6. The maximum Gasteiger partial charge on any atom is 0.223 e. The molecule has 1 aromatic heterocycles. The minimum absolute atomic E-state index is 0.111. The molecule has 1 heterocycles. The van der Waals surface area contributed by atoms with Gasteiger partial charge < -0.3 is 10.4 Å². The Bertz CT molecular complexity index is 483. The van der Waals surface area contributed by atoms with Gasteiger partial charge in [-0.2, -0.15) is 0 Å². The van der Waals surface area contributed by atoms with Gasteiger partial charge in [0.25, 0.3) is 0 Å². The minimum Gasteiger partial charge on any atom is -0.389 e. The number of amides is 1. The van der Waals surface area contributed by atoms with Crippen LogP contribution in [-0.2, 0) is 10.3 Å². The van der Waals surface area contributed by atoms with Crippen LogP contribution in [0.1, 0.15) is 75.4 Å². The van der Waals surface area contributed by atoms with Gasteiger partial charge >= 0.3 is 0 Å². The van der Waals surface area contributed by atoms with E-state index in [1.807, 2.05) is 41.5 Å². The number of carbonyl (C=O) groups is 1. The van der Waals surface area contributed by atoms with Crippen LogP contribution in [0.4, 0.5) is 0 Å². The summed E-state index contributed by atoms with van der Waals surface area (Å²) in [6.45, 7) is 12.0. The van der Waals surface area contributed by atoms with Crippen molar-refractivity contribution < 1.29 is 9.90 Å². The van der Waals surface area contributed by atoms with Crippen molar-refractivity contribution in [3.63, 3.8) is 0 Å². The Labute approximate surface area is 138 Å². The molecule has 0 atom stereocenters. The summed E-state index contributed by atoms with van der Waals surface area (Å²) in [5.74, 6) is -0.111. The number of rotatable bonds is 8. The Morgan fingerprint density at radius 1 is 1.23 bits per heavy atom. The lowest BCUT2D eigenvalue weighted by atomic mass is 9.88. The second-order valence-electron chi connectivity index (χ2n) is 6.73. The number of thiazole rings is 1. The lowest BCUT2D eigenvalue weighted by molar-refractivity contribution is -0.128. The Hall–Kier alpha value is -0.940. The summed E-state index contributed by atoms with van der Waals surface area (Å²) in [6, 6.07) is 0. The number of nitrogens with one attached hydrogen (secondary N) is 1. The van der Waals surface area contributed by atoms with E-state index in [1.165, 1.54) is 4.88 Å². The molecule has 0 unspecified atom stereocenters.